The van der Waals surface area contributed by atoms with Gasteiger partial charge in [0.25, 0.3) is 5.91 Å². The summed E-state index contributed by atoms with van der Waals surface area (Å²) in [6, 6.07) is 3.40. The number of amides is 1. The number of rotatable bonds is 6. The number of benzene rings is 1. The van der Waals surface area contributed by atoms with Gasteiger partial charge in [0.15, 0.2) is 6.61 Å². The average molecular weight is 333 g/mol. The highest BCUT2D eigenvalue weighted by Gasteiger charge is 2.15. The molecular weight excluding hydrogens is 311 g/mol. The zero-order valence-electron chi connectivity index (χ0n) is 12.8. The standard InChI is InChI=1S/C15H22Cl2N2O2/c1-5-18-13(20)9-21-14-10(8-19-15(2,3)4)6-11(16)7-12(14)17/h6-7,19H,5,8-9H2,1-4H3,(H,18,20). The number of ether oxygens (including phenoxy) is 1. The lowest BCUT2D eigenvalue weighted by molar-refractivity contribution is -0.122. The second-order valence-corrected chi connectivity index (χ2v) is 6.57. The Hall–Kier alpha value is -0.970. The Kier molecular flexibility index (Phi) is 6.78. The highest BCUT2D eigenvalue weighted by atomic mass is 35.5. The summed E-state index contributed by atoms with van der Waals surface area (Å²) in [4.78, 5) is 11.5. The van der Waals surface area contributed by atoms with E-state index in [1.165, 1.54) is 0 Å². The van der Waals surface area contributed by atoms with Crippen LogP contribution in [-0.4, -0.2) is 24.6 Å². The molecule has 0 unspecified atom stereocenters. The molecule has 1 aromatic carbocycles. The van der Waals surface area contributed by atoms with Crippen LogP contribution in [0, 0.1) is 0 Å². The van der Waals surface area contributed by atoms with Gasteiger partial charge in [-0.1, -0.05) is 23.2 Å². The molecule has 0 spiro atoms. The fourth-order valence-electron chi connectivity index (χ4n) is 1.65. The Labute approximate surface area is 136 Å². The van der Waals surface area contributed by atoms with E-state index in [2.05, 4.69) is 31.4 Å². The first-order valence-electron chi connectivity index (χ1n) is 6.85. The van der Waals surface area contributed by atoms with Gasteiger partial charge in [-0.15, -0.1) is 0 Å². The summed E-state index contributed by atoms with van der Waals surface area (Å²) in [6.07, 6.45) is 0. The quantitative estimate of drug-likeness (QED) is 0.839. The molecule has 21 heavy (non-hydrogen) atoms. The van der Waals surface area contributed by atoms with E-state index in [1.807, 2.05) is 6.92 Å². The zero-order valence-corrected chi connectivity index (χ0v) is 14.4. The van der Waals surface area contributed by atoms with E-state index in [1.54, 1.807) is 12.1 Å². The van der Waals surface area contributed by atoms with E-state index in [-0.39, 0.29) is 18.1 Å². The first kappa shape index (κ1) is 18.1. The fourth-order valence-corrected chi connectivity index (χ4v) is 2.24. The third kappa shape index (κ3) is 6.55. The Morgan fingerprint density at radius 3 is 2.52 bits per heavy atom. The second-order valence-electron chi connectivity index (χ2n) is 5.72. The molecule has 0 radical (unpaired) electrons. The molecule has 2 N–H and O–H groups in total. The van der Waals surface area contributed by atoms with Crippen molar-refractivity contribution in [3.05, 3.63) is 27.7 Å². The summed E-state index contributed by atoms with van der Waals surface area (Å²) in [6.45, 7) is 9.09. The van der Waals surface area contributed by atoms with Crippen LogP contribution in [0.1, 0.15) is 33.3 Å². The van der Waals surface area contributed by atoms with Crippen LogP contribution in [0.5, 0.6) is 5.75 Å². The van der Waals surface area contributed by atoms with E-state index in [4.69, 9.17) is 27.9 Å². The maximum atomic E-state index is 11.5. The molecule has 1 amide bonds. The molecule has 0 aliphatic carbocycles. The lowest BCUT2D eigenvalue weighted by atomic mass is 10.1. The van der Waals surface area contributed by atoms with Crippen molar-refractivity contribution in [2.45, 2.75) is 39.8 Å². The smallest absolute Gasteiger partial charge is 0.257 e. The summed E-state index contributed by atoms with van der Waals surface area (Å²) in [5, 5.41) is 6.96. The van der Waals surface area contributed by atoms with E-state index in [9.17, 15) is 4.79 Å². The van der Waals surface area contributed by atoms with Crippen molar-refractivity contribution in [3.8, 4) is 5.75 Å². The van der Waals surface area contributed by atoms with Crippen molar-refractivity contribution in [2.24, 2.45) is 0 Å². The van der Waals surface area contributed by atoms with Crippen molar-refractivity contribution in [1.29, 1.82) is 0 Å². The Morgan fingerprint density at radius 1 is 1.29 bits per heavy atom. The SMILES string of the molecule is CCNC(=O)COc1c(Cl)cc(Cl)cc1CNC(C)(C)C. The van der Waals surface area contributed by atoms with Gasteiger partial charge in [0.05, 0.1) is 5.02 Å². The number of carbonyl (C=O) groups is 1. The van der Waals surface area contributed by atoms with Crippen LogP contribution in [0.15, 0.2) is 12.1 Å². The molecule has 0 bridgehead atoms. The number of likely N-dealkylation sites (N-methyl/N-ethyl adjacent to an activating group) is 1. The molecule has 0 heterocycles. The molecule has 118 valence electrons. The molecule has 0 aliphatic heterocycles. The summed E-state index contributed by atoms with van der Waals surface area (Å²) in [7, 11) is 0. The van der Waals surface area contributed by atoms with Crippen LogP contribution in [-0.2, 0) is 11.3 Å². The lowest BCUT2D eigenvalue weighted by Crippen LogP contribution is -2.35. The number of hydrogen-bond acceptors (Lipinski definition) is 3. The van der Waals surface area contributed by atoms with Crippen molar-refractivity contribution >= 4 is 29.1 Å². The highest BCUT2D eigenvalue weighted by molar-refractivity contribution is 6.35. The molecular formula is C15H22Cl2N2O2. The Balaban J connectivity index is 2.87. The summed E-state index contributed by atoms with van der Waals surface area (Å²) >= 11 is 12.2. The molecule has 0 saturated carbocycles. The topological polar surface area (TPSA) is 50.4 Å². The van der Waals surface area contributed by atoms with E-state index in [0.29, 0.717) is 28.9 Å². The van der Waals surface area contributed by atoms with Gasteiger partial charge in [-0.3, -0.25) is 4.79 Å². The maximum absolute atomic E-state index is 11.5. The van der Waals surface area contributed by atoms with Crippen molar-refractivity contribution < 1.29 is 9.53 Å². The minimum Gasteiger partial charge on any atom is -0.482 e. The van der Waals surface area contributed by atoms with Crippen molar-refractivity contribution in [1.82, 2.24) is 10.6 Å². The molecule has 1 aromatic rings. The molecule has 0 aliphatic rings. The van der Waals surface area contributed by atoms with E-state index < -0.39 is 0 Å². The van der Waals surface area contributed by atoms with Crippen molar-refractivity contribution in [3.63, 3.8) is 0 Å². The number of hydrogen-bond donors (Lipinski definition) is 2. The van der Waals surface area contributed by atoms with Gasteiger partial charge in [-0.2, -0.15) is 0 Å². The molecule has 0 aromatic heterocycles. The molecule has 0 atom stereocenters. The highest BCUT2D eigenvalue weighted by Crippen LogP contribution is 2.32. The molecule has 1 rings (SSSR count). The number of carbonyl (C=O) groups excluding carboxylic acids is 1. The van der Waals surface area contributed by atoms with Crippen LogP contribution in [0.25, 0.3) is 0 Å². The van der Waals surface area contributed by atoms with Crippen LogP contribution < -0.4 is 15.4 Å². The van der Waals surface area contributed by atoms with E-state index in [0.717, 1.165) is 5.56 Å². The van der Waals surface area contributed by atoms with Gasteiger partial charge in [0, 0.05) is 29.2 Å². The van der Waals surface area contributed by atoms with Crippen molar-refractivity contribution in [2.75, 3.05) is 13.2 Å². The summed E-state index contributed by atoms with van der Waals surface area (Å²) in [5.74, 6) is 0.308. The van der Waals surface area contributed by atoms with Gasteiger partial charge < -0.3 is 15.4 Å². The van der Waals surface area contributed by atoms with Gasteiger partial charge in [-0.05, 0) is 39.8 Å². The average Bonchev–Trinajstić information content (AvgIpc) is 2.34. The van der Waals surface area contributed by atoms with Gasteiger partial charge in [-0.25, -0.2) is 0 Å². The third-order valence-corrected chi connectivity index (χ3v) is 3.11. The van der Waals surface area contributed by atoms with Crippen LogP contribution >= 0.6 is 23.2 Å². The number of nitrogens with one attached hydrogen (secondary N) is 2. The first-order valence-corrected chi connectivity index (χ1v) is 7.61. The lowest BCUT2D eigenvalue weighted by Gasteiger charge is -2.22. The fraction of sp³-hybridized carbons (Fsp3) is 0.533. The monoisotopic (exact) mass is 332 g/mol. The third-order valence-electron chi connectivity index (χ3n) is 2.62. The predicted octanol–water partition coefficient (Wildman–Crippen LogP) is 3.40. The maximum Gasteiger partial charge on any atom is 0.257 e. The normalized spacial score (nSPS) is 11.3. The Bertz CT molecular complexity index is 499. The predicted molar refractivity (Wildman–Crippen MR) is 87.2 cm³/mol. The number of halogens is 2. The largest absolute Gasteiger partial charge is 0.482 e. The minimum absolute atomic E-state index is 0.0500. The van der Waals surface area contributed by atoms with Crippen LogP contribution in [0.4, 0.5) is 0 Å². The molecule has 6 heteroatoms. The summed E-state index contributed by atoms with van der Waals surface area (Å²) in [5.41, 5.74) is 0.776. The minimum atomic E-state index is -0.182. The van der Waals surface area contributed by atoms with E-state index >= 15 is 0 Å². The zero-order chi connectivity index (χ0) is 16.0. The molecule has 0 fully saturated rings. The van der Waals surface area contributed by atoms with Crippen LogP contribution in [0.3, 0.4) is 0 Å². The molecule has 0 saturated heterocycles. The Morgan fingerprint density at radius 2 is 1.95 bits per heavy atom. The second kappa shape index (κ2) is 7.87. The van der Waals surface area contributed by atoms with Gasteiger partial charge in [0.1, 0.15) is 5.75 Å². The van der Waals surface area contributed by atoms with Gasteiger partial charge >= 0.3 is 0 Å². The van der Waals surface area contributed by atoms with Gasteiger partial charge in [0.2, 0.25) is 0 Å². The first-order chi connectivity index (χ1) is 9.73. The molecule has 4 nitrogen and oxygen atoms in total. The van der Waals surface area contributed by atoms with Crippen LogP contribution in [0.2, 0.25) is 10.0 Å². The summed E-state index contributed by atoms with van der Waals surface area (Å²) < 4.78 is 5.56.